The van der Waals surface area contributed by atoms with Gasteiger partial charge in [0, 0.05) is 84.0 Å². The Hall–Kier alpha value is -6.25. The van der Waals surface area contributed by atoms with Crippen molar-refractivity contribution in [2.75, 3.05) is 49.5 Å². The number of aromatic amines is 1. The van der Waals surface area contributed by atoms with Gasteiger partial charge in [0.1, 0.15) is 34.5 Å². The molecular formula is C55H63F2N7O8S2. The molecule has 9 rings (SSSR count). The van der Waals surface area contributed by atoms with E-state index in [0.717, 1.165) is 65.5 Å². The van der Waals surface area contributed by atoms with Gasteiger partial charge >= 0.3 is 0 Å². The molecule has 0 unspecified atom stereocenters. The number of hydrogen-bond acceptors (Lipinski definition) is 13. The number of aromatic nitrogens is 2. The largest absolute Gasteiger partial charge is 0.455 e. The first kappa shape index (κ1) is 52.6. The van der Waals surface area contributed by atoms with Crippen molar-refractivity contribution < 1.29 is 41.9 Å². The van der Waals surface area contributed by atoms with Gasteiger partial charge in [-0.15, -0.1) is 11.3 Å². The maximum atomic E-state index is 15.6. The number of hydrogen-bond donors (Lipinski definition) is 5. The molecule has 392 valence electrons. The van der Waals surface area contributed by atoms with E-state index in [2.05, 4.69) is 43.7 Å². The molecule has 1 amide bonds. The predicted molar refractivity (Wildman–Crippen MR) is 284 cm³/mol. The molecule has 3 aromatic carbocycles. The van der Waals surface area contributed by atoms with E-state index < -0.39 is 54.3 Å². The number of H-pyrrole nitrogens is 1. The van der Waals surface area contributed by atoms with Gasteiger partial charge in [0.25, 0.3) is 21.6 Å². The molecule has 3 aromatic heterocycles. The number of rotatable bonds is 15. The number of anilines is 2. The number of carbonyl (C=O) groups excluding carboxylic acids is 1. The zero-order chi connectivity index (χ0) is 52.9. The number of ether oxygens (including phenoxy) is 1. The predicted octanol–water partition coefficient (Wildman–Crippen LogP) is 11.1. The minimum absolute atomic E-state index is 0.0290. The van der Waals surface area contributed by atoms with E-state index in [0.29, 0.717) is 62.5 Å². The third-order valence-electron chi connectivity index (χ3n) is 14.9. The number of carbonyl (C=O) groups is 1. The number of nitro benzene ring substituents is 1. The molecule has 5 N–H and O–H groups in total. The number of allylic oxidation sites excluding steroid dienone is 1. The number of fused-ring (bicyclic) bond motifs is 1. The highest BCUT2D eigenvalue weighted by Crippen LogP contribution is 2.47. The Balaban J connectivity index is 0.925. The molecule has 4 heterocycles. The van der Waals surface area contributed by atoms with E-state index in [9.17, 15) is 33.5 Å². The van der Waals surface area contributed by atoms with Crippen molar-refractivity contribution in [2.24, 2.45) is 11.3 Å². The zero-order valence-corrected chi connectivity index (χ0v) is 44.1. The molecular weight excluding hydrogens is 989 g/mol. The number of sulfonamides is 1. The molecule has 74 heavy (non-hydrogen) atoms. The number of halogens is 2. The number of nitrogens with one attached hydrogen (secondary N) is 3. The van der Waals surface area contributed by atoms with E-state index in [1.54, 1.807) is 42.7 Å². The topological polar surface area (TPSA) is 203 Å². The van der Waals surface area contributed by atoms with Gasteiger partial charge in [-0.1, -0.05) is 19.4 Å². The summed E-state index contributed by atoms with van der Waals surface area (Å²) in [4.78, 5) is 39.0. The lowest BCUT2D eigenvalue weighted by Gasteiger charge is -2.39. The Bertz CT molecular complexity index is 3250. The lowest BCUT2D eigenvalue weighted by atomic mass is 9.73. The fourth-order valence-electron chi connectivity index (χ4n) is 10.3. The highest BCUT2D eigenvalue weighted by molar-refractivity contribution is 7.90. The molecule has 15 nitrogen and oxygen atoms in total. The van der Waals surface area contributed by atoms with E-state index >= 15 is 8.78 Å². The molecule has 1 saturated carbocycles. The van der Waals surface area contributed by atoms with Crippen LogP contribution in [0.15, 0.2) is 89.6 Å². The summed E-state index contributed by atoms with van der Waals surface area (Å²) in [5.74, 6) is -1.88. The van der Waals surface area contributed by atoms with E-state index in [1.807, 2.05) is 19.1 Å². The average molecular weight is 1050 g/mol. The highest BCUT2D eigenvalue weighted by atomic mass is 32.2. The fourth-order valence-corrected chi connectivity index (χ4v) is 12.4. The van der Waals surface area contributed by atoms with Crippen LogP contribution in [-0.2, 0) is 15.6 Å². The summed E-state index contributed by atoms with van der Waals surface area (Å²) in [6, 6.07) is 16.3. The number of piperazine rings is 1. The van der Waals surface area contributed by atoms with Crippen molar-refractivity contribution in [3.63, 3.8) is 0 Å². The summed E-state index contributed by atoms with van der Waals surface area (Å²) >= 11 is 1.54. The quantitative estimate of drug-likeness (QED) is 0.0482. The van der Waals surface area contributed by atoms with Crippen molar-refractivity contribution >= 4 is 60.9 Å². The Labute approximate surface area is 433 Å². The van der Waals surface area contributed by atoms with Gasteiger partial charge in [-0.3, -0.25) is 19.8 Å². The first-order valence-electron chi connectivity index (χ1n) is 25.0. The zero-order valence-electron chi connectivity index (χ0n) is 42.5. The van der Waals surface area contributed by atoms with Gasteiger partial charge in [0.05, 0.1) is 38.3 Å². The second-order valence-electron chi connectivity index (χ2n) is 21.7. The number of aryl methyl sites for hydroxylation is 1. The summed E-state index contributed by atoms with van der Waals surface area (Å²) in [5, 5.41) is 36.8. The maximum absolute atomic E-state index is 15.6. The second kappa shape index (κ2) is 20.5. The van der Waals surface area contributed by atoms with Crippen LogP contribution in [-0.4, -0.2) is 89.2 Å². The summed E-state index contributed by atoms with van der Waals surface area (Å²) in [7, 11) is -4.63. The Morgan fingerprint density at radius 3 is 2.41 bits per heavy atom. The molecule has 0 spiro atoms. The number of nitro groups is 1. The number of thiophene rings is 1. The molecule has 2 fully saturated rings. The standard InChI is InChI=1S/C55H63F2N7O8S2/c1-33-42(50-44(56)24-37(25-45(50)57)54(4,5)66)28-49(73-33)43-29-53(2,3)15-13-36(43)32-62-19-21-63(22-20-62)38-7-9-41(48(26-38)72-39-23-35-14-18-58-51(35)60-31-39)52(65)61-74(70,71)40-8-10-46(47(27-40)64(68)69)59-30-34-11-16-55(6,67)17-12-34/h7-10,14,18,23-28,31,34,59,66-67H,11-13,15-17,19-22,29-30,32H2,1-6H3,(H,58,60)(H,61,65). The molecule has 6 aromatic rings. The van der Waals surface area contributed by atoms with Crippen molar-refractivity contribution in [2.45, 2.75) is 103 Å². The van der Waals surface area contributed by atoms with Gasteiger partial charge in [0.2, 0.25) is 0 Å². The third kappa shape index (κ3) is 11.7. The SMILES string of the molecule is Cc1sc(C2=C(CN3CCN(c4ccc(C(=O)NS(=O)(=O)c5ccc(NCC6CCC(C)(O)CC6)c([N+](=O)[O-])c5)c(Oc5cnc6[nH]ccc6c5)c4)CC3)CCC(C)(C)C2)cc1-c1c(F)cc(C(C)(C)O)cc1F. The van der Waals surface area contributed by atoms with Crippen LogP contribution in [0.5, 0.6) is 11.5 Å². The van der Waals surface area contributed by atoms with Crippen molar-refractivity contribution in [3.8, 4) is 22.6 Å². The van der Waals surface area contributed by atoms with Crippen LogP contribution in [0.2, 0.25) is 0 Å². The summed E-state index contributed by atoms with van der Waals surface area (Å²) < 4.78 is 67.3. The molecule has 3 aliphatic rings. The number of benzene rings is 3. The molecule has 1 aliphatic heterocycles. The smallest absolute Gasteiger partial charge is 0.293 e. The highest BCUT2D eigenvalue weighted by Gasteiger charge is 2.33. The van der Waals surface area contributed by atoms with E-state index in [1.165, 1.54) is 61.5 Å². The van der Waals surface area contributed by atoms with Crippen LogP contribution in [0, 0.1) is 40.0 Å². The van der Waals surface area contributed by atoms with Gasteiger partial charge in [-0.05, 0) is 150 Å². The third-order valence-corrected chi connectivity index (χ3v) is 17.3. The first-order chi connectivity index (χ1) is 34.9. The van der Waals surface area contributed by atoms with Gasteiger partial charge in [-0.25, -0.2) is 26.9 Å². The maximum Gasteiger partial charge on any atom is 0.293 e. The van der Waals surface area contributed by atoms with Gasteiger partial charge in [-0.2, -0.15) is 0 Å². The lowest BCUT2D eigenvalue weighted by Crippen LogP contribution is -2.47. The van der Waals surface area contributed by atoms with Crippen molar-refractivity contribution in [3.05, 3.63) is 127 Å². The van der Waals surface area contributed by atoms with Crippen LogP contribution in [0.25, 0.3) is 27.7 Å². The summed E-state index contributed by atoms with van der Waals surface area (Å²) in [6.07, 6.45) is 8.64. The van der Waals surface area contributed by atoms with Crippen LogP contribution >= 0.6 is 11.3 Å². The minimum atomic E-state index is -4.63. The van der Waals surface area contributed by atoms with E-state index in [-0.39, 0.29) is 39.5 Å². The first-order valence-corrected chi connectivity index (χ1v) is 27.3. The van der Waals surface area contributed by atoms with Crippen LogP contribution in [0.3, 0.4) is 0 Å². The Morgan fingerprint density at radius 2 is 1.72 bits per heavy atom. The van der Waals surface area contributed by atoms with Crippen LogP contribution < -0.4 is 19.7 Å². The van der Waals surface area contributed by atoms with Crippen LogP contribution in [0.1, 0.15) is 105 Å². The monoisotopic (exact) mass is 1050 g/mol. The normalized spacial score (nSPS) is 19.7. The number of amides is 1. The average Bonchev–Trinajstić information content (AvgIpc) is 3.97. The molecule has 1 saturated heterocycles. The number of nitrogens with zero attached hydrogens (tertiary/aromatic N) is 4. The summed E-state index contributed by atoms with van der Waals surface area (Å²) in [6.45, 7) is 15.0. The molecule has 0 radical (unpaired) electrons. The Morgan fingerprint density at radius 1 is 1.00 bits per heavy atom. The fraction of sp³-hybridized carbons (Fsp3) is 0.418. The second-order valence-corrected chi connectivity index (χ2v) is 24.6. The molecule has 0 bridgehead atoms. The Kier molecular flexibility index (Phi) is 14.5. The molecule has 2 aliphatic carbocycles. The van der Waals surface area contributed by atoms with Crippen molar-refractivity contribution in [1.29, 1.82) is 0 Å². The number of pyridine rings is 1. The number of aliphatic hydroxyl groups is 2. The minimum Gasteiger partial charge on any atom is -0.455 e. The van der Waals surface area contributed by atoms with Crippen molar-refractivity contribution in [1.82, 2.24) is 19.6 Å². The van der Waals surface area contributed by atoms with Crippen LogP contribution in [0.4, 0.5) is 25.8 Å². The van der Waals surface area contributed by atoms with Gasteiger partial charge in [0.15, 0.2) is 0 Å². The summed E-state index contributed by atoms with van der Waals surface area (Å²) in [5.41, 5.74) is 1.94. The molecule has 0 atom stereocenters. The van der Waals surface area contributed by atoms with E-state index in [4.69, 9.17) is 4.74 Å². The van der Waals surface area contributed by atoms with Gasteiger partial charge < -0.3 is 30.2 Å². The molecule has 19 heteroatoms. The lowest BCUT2D eigenvalue weighted by molar-refractivity contribution is -0.384.